The standard InChI is InChI=1S/C56H36/c1-3-17-37(18-4-1)41-32-42(38-19-5-2-6-20-38)34-43(33-41)44-31-39-21-7-10-24-46(39)53(36-44)55-49-27-13-15-29-51(49)56(52-30-16-14-28-50(52)55)54-35-40-22-8-9-23-45(40)47-25-11-12-26-48(47)54/h1-36H. The first-order chi connectivity index (χ1) is 27.8. The summed E-state index contributed by atoms with van der Waals surface area (Å²) in [5.74, 6) is 0. The predicted octanol–water partition coefficient (Wildman–Crippen LogP) is 15.8. The summed E-state index contributed by atoms with van der Waals surface area (Å²) in [6.07, 6.45) is 0. The molecule has 0 heterocycles. The molecule has 0 fully saturated rings. The van der Waals surface area contributed by atoms with Gasteiger partial charge in [-0.2, -0.15) is 0 Å². The van der Waals surface area contributed by atoms with Gasteiger partial charge in [0.05, 0.1) is 0 Å². The van der Waals surface area contributed by atoms with Crippen LogP contribution in [-0.4, -0.2) is 0 Å². The van der Waals surface area contributed by atoms with Gasteiger partial charge in [-0.15, -0.1) is 0 Å². The lowest BCUT2D eigenvalue weighted by Gasteiger charge is -2.21. The van der Waals surface area contributed by atoms with Gasteiger partial charge in [-0.1, -0.05) is 182 Å². The van der Waals surface area contributed by atoms with Crippen LogP contribution < -0.4 is 0 Å². The van der Waals surface area contributed by atoms with Crippen molar-refractivity contribution in [3.63, 3.8) is 0 Å². The molecule has 0 radical (unpaired) electrons. The number of fused-ring (bicyclic) bond motifs is 6. The van der Waals surface area contributed by atoms with E-state index in [1.807, 2.05) is 0 Å². The Morgan fingerprint density at radius 1 is 0.179 bits per heavy atom. The van der Waals surface area contributed by atoms with Crippen molar-refractivity contribution in [1.82, 2.24) is 0 Å². The fraction of sp³-hybridized carbons (Fsp3) is 0. The number of rotatable bonds is 5. The summed E-state index contributed by atoms with van der Waals surface area (Å²) in [6, 6.07) is 80.4. The molecule has 0 spiro atoms. The normalized spacial score (nSPS) is 11.6. The molecule has 0 heteroatoms. The molecule has 11 aromatic rings. The minimum absolute atomic E-state index is 1.20. The fourth-order valence-electron chi connectivity index (χ4n) is 9.04. The molecule has 0 saturated carbocycles. The Bertz CT molecular complexity index is 3170. The Balaban J connectivity index is 1.22. The summed E-state index contributed by atoms with van der Waals surface area (Å²) in [5, 5.41) is 12.6. The van der Waals surface area contributed by atoms with E-state index in [1.54, 1.807) is 0 Å². The average molecular weight is 709 g/mol. The van der Waals surface area contributed by atoms with Crippen LogP contribution in [0.15, 0.2) is 218 Å². The van der Waals surface area contributed by atoms with E-state index >= 15 is 0 Å². The molecule has 0 aromatic heterocycles. The predicted molar refractivity (Wildman–Crippen MR) is 241 cm³/mol. The molecule has 0 aliphatic carbocycles. The van der Waals surface area contributed by atoms with E-state index < -0.39 is 0 Å². The zero-order chi connectivity index (χ0) is 37.0. The van der Waals surface area contributed by atoms with Crippen LogP contribution in [0.3, 0.4) is 0 Å². The van der Waals surface area contributed by atoms with Crippen molar-refractivity contribution in [2.75, 3.05) is 0 Å². The first-order valence-electron chi connectivity index (χ1n) is 19.4. The molecule has 0 atom stereocenters. The largest absolute Gasteiger partial charge is 0.0622 e. The molecule has 260 valence electrons. The van der Waals surface area contributed by atoms with Gasteiger partial charge in [0.1, 0.15) is 0 Å². The lowest BCUT2D eigenvalue weighted by Crippen LogP contribution is -1.94. The van der Waals surface area contributed by atoms with E-state index in [-0.39, 0.29) is 0 Å². The van der Waals surface area contributed by atoms with Crippen molar-refractivity contribution < 1.29 is 0 Å². The van der Waals surface area contributed by atoms with Crippen molar-refractivity contribution in [2.45, 2.75) is 0 Å². The molecule has 0 aliphatic heterocycles. The molecular weight excluding hydrogens is 673 g/mol. The molecule has 0 unspecified atom stereocenters. The van der Waals surface area contributed by atoms with Crippen molar-refractivity contribution >= 4 is 53.9 Å². The second kappa shape index (κ2) is 13.2. The van der Waals surface area contributed by atoms with Crippen LogP contribution in [0, 0.1) is 0 Å². The molecule has 11 rings (SSSR count). The summed E-state index contributed by atoms with van der Waals surface area (Å²) in [5.41, 5.74) is 12.3. The summed E-state index contributed by atoms with van der Waals surface area (Å²) in [4.78, 5) is 0. The highest BCUT2D eigenvalue weighted by molar-refractivity contribution is 6.27. The van der Waals surface area contributed by atoms with E-state index in [0.29, 0.717) is 0 Å². The summed E-state index contributed by atoms with van der Waals surface area (Å²) in [7, 11) is 0. The van der Waals surface area contributed by atoms with Gasteiger partial charge in [-0.25, -0.2) is 0 Å². The van der Waals surface area contributed by atoms with Gasteiger partial charge < -0.3 is 0 Å². The minimum Gasteiger partial charge on any atom is -0.0622 e. The average Bonchev–Trinajstić information content (AvgIpc) is 3.28. The molecule has 0 N–H and O–H groups in total. The van der Waals surface area contributed by atoms with Crippen molar-refractivity contribution in [3.8, 4) is 55.6 Å². The van der Waals surface area contributed by atoms with Crippen LogP contribution in [-0.2, 0) is 0 Å². The highest BCUT2D eigenvalue weighted by atomic mass is 14.2. The molecule has 0 amide bonds. The van der Waals surface area contributed by atoms with Gasteiger partial charge >= 0.3 is 0 Å². The SMILES string of the molecule is c1ccc(-c2cc(-c3ccccc3)cc(-c3cc(-c4c5ccccc5c(-c5cc6ccccc6c6ccccc56)c5ccccc45)c4ccccc4c3)c2)cc1. The van der Waals surface area contributed by atoms with Crippen molar-refractivity contribution in [1.29, 1.82) is 0 Å². The third-order valence-electron chi connectivity index (χ3n) is 11.6. The molecule has 11 aromatic carbocycles. The fourth-order valence-corrected chi connectivity index (χ4v) is 9.04. The topological polar surface area (TPSA) is 0 Å². The van der Waals surface area contributed by atoms with E-state index in [4.69, 9.17) is 0 Å². The smallest absolute Gasteiger partial charge is 0.00199 e. The summed E-state index contributed by atoms with van der Waals surface area (Å²) < 4.78 is 0. The third-order valence-corrected chi connectivity index (χ3v) is 11.6. The van der Waals surface area contributed by atoms with Crippen LogP contribution in [0.5, 0.6) is 0 Å². The number of hydrogen-bond acceptors (Lipinski definition) is 0. The van der Waals surface area contributed by atoms with Crippen LogP contribution in [0.1, 0.15) is 0 Å². The second-order valence-electron chi connectivity index (χ2n) is 14.8. The van der Waals surface area contributed by atoms with E-state index in [9.17, 15) is 0 Å². The van der Waals surface area contributed by atoms with Gasteiger partial charge in [0, 0.05) is 0 Å². The Morgan fingerprint density at radius 3 is 1.04 bits per heavy atom. The van der Waals surface area contributed by atoms with E-state index in [2.05, 4.69) is 218 Å². The Hall–Kier alpha value is -7.28. The maximum atomic E-state index is 2.44. The highest BCUT2D eigenvalue weighted by Crippen LogP contribution is 2.48. The zero-order valence-corrected chi connectivity index (χ0v) is 30.8. The first kappa shape index (κ1) is 32.2. The van der Waals surface area contributed by atoms with Crippen molar-refractivity contribution in [3.05, 3.63) is 218 Å². The van der Waals surface area contributed by atoms with E-state index in [1.165, 1.54) is 109 Å². The molecule has 0 bridgehead atoms. The number of hydrogen-bond donors (Lipinski definition) is 0. The lowest BCUT2D eigenvalue weighted by atomic mass is 9.82. The van der Waals surface area contributed by atoms with Gasteiger partial charge in [-0.3, -0.25) is 0 Å². The van der Waals surface area contributed by atoms with Gasteiger partial charge in [-0.05, 0) is 146 Å². The van der Waals surface area contributed by atoms with Crippen molar-refractivity contribution in [2.24, 2.45) is 0 Å². The highest BCUT2D eigenvalue weighted by Gasteiger charge is 2.21. The maximum Gasteiger partial charge on any atom is -0.00199 e. The third kappa shape index (κ3) is 5.30. The zero-order valence-electron chi connectivity index (χ0n) is 30.8. The molecule has 56 heavy (non-hydrogen) atoms. The molecular formula is C56H36. The van der Waals surface area contributed by atoms with Crippen LogP contribution in [0.2, 0.25) is 0 Å². The molecule has 0 nitrogen and oxygen atoms in total. The van der Waals surface area contributed by atoms with Gasteiger partial charge in [0.15, 0.2) is 0 Å². The summed E-state index contributed by atoms with van der Waals surface area (Å²) in [6.45, 7) is 0. The van der Waals surface area contributed by atoms with Crippen LogP contribution in [0.25, 0.3) is 109 Å². The monoisotopic (exact) mass is 708 g/mol. The Morgan fingerprint density at radius 2 is 0.518 bits per heavy atom. The quantitative estimate of drug-likeness (QED) is 0.123. The molecule has 0 aliphatic rings. The summed E-state index contributed by atoms with van der Waals surface area (Å²) >= 11 is 0. The maximum absolute atomic E-state index is 2.44. The second-order valence-corrected chi connectivity index (χ2v) is 14.8. The Kier molecular flexibility index (Phi) is 7.60. The van der Waals surface area contributed by atoms with Gasteiger partial charge in [0.2, 0.25) is 0 Å². The lowest BCUT2D eigenvalue weighted by molar-refractivity contribution is 1.57. The van der Waals surface area contributed by atoms with E-state index in [0.717, 1.165) is 0 Å². The minimum atomic E-state index is 1.20. The Labute approximate surface area is 326 Å². The first-order valence-corrected chi connectivity index (χ1v) is 19.4. The number of benzene rings is 11. The van der Waals surface area contributed by atoms with Crippen LogP contribution >= 0.6 is 0 Å². The van der Waals surface area contributed by atoms with Crippen LogP contribution in [0.4, 0.5) is 0 Å². The molecule has 0 saturated heterocycles. The van der Waals surface area contributed by atoms with Gasteiger partial charge in [0.25, 0.3) is 0 Å².